The molecule has 2 aromatic heterocycles. The second kappa shape index (κ2) is 6.36. The zero-order valence-corrected chi connectivity index (χ0v) is 11.5. The Morgan fingerprint density at radius 1 is 1.50 bits per heavy atom. The molecule has 20 heavy (non-hydrogen) atoms. The zero-order valence-electron chi connectivity index (χ0n) is 11.5. The van der Waals surface area contributed by atoms with Crippen molar-refractivity contribution in [1.29, 1.82) is 0 Å². The fourth-order valence-corrected chi connectivity index (χ4v) is 2.36. The van der Waals surface area contributed by atoms with E-state index in [0.29, 0.717) is 11.2 Å². The number of aromatic nitrogens is 2. The topological polar surface area (TPSA) is 102 Å². The Labute approximate surface area is 116 Å². The molecule has 0 saturated carbocycles. The third kappa shape index (κ3) is 3.26. The van der Waals surface area contributed by atoms with E-state index >= 15 is 0 Å². The van der Waals surface area contributed by atoms with Gasteiger partial charge in [0.1, 0.15) is 0 Å². The first kappa shape index (κ1) is 14.3. The summed E-state index contributed by atoms with van der Waals surface area (Å²) in [4.78, 5) is 28.9. The largest absolute Gasteiger partial charge is 0.418 e. The number of unbranched alkanes of at least 4 members (excludes halogenated alkanes) is 1. The SMILES string of the molecule is CCC(CCCCc1ccnc2[nH]c(=O)oc12)C(N)=O. The van der Waals surface area contributed by atoms with Gasteiger partial charge >= 0.3 is 5.76 Å². The number of aryl methyl sites for hydroxylation is 1. The normalized spacial score (nSPS) is 12.7. The lowest BCUT2D eigenvalue weighted by molar-refractivity contribution is -0.122. The van der Waals surface area contributed by atoms with Gasteiger partial charge in [-0.25, -0.2) is 9.78 Å². The summed E-state index contributed by atoms with van der Waals surface area (Å²) in [7, 11) is 0. The summed E-state index contributed by atoms with van der Waals surface area (Å²) in [6.07, 6.45) is 5.85. The maximum absolute atomic E-state index is 11.2. The van der Waals surface area contributed by atoms with Gasteiger partial charge in [0.2, 0.25) is 5.91 Å². The average molecular weight is 277 g/mol. The van der Waals surface area contributed by atoms with Gasteiger partial charge in [0, 0.05) is 17.7 Å². The molecular formula is C14H19N3O3. The molecule has 2 heterocycles. The molecule has 1 amide bonds. The van der Waals surface area contributed by atoms with E-state index in [1.54, 1.807) is 6.20 Å². The highest BCUT2D eigenvalue weighted by Crippen LogP contribution is 2.18. The zero-order chi connectivity index (χ0) is 14.5. The number of nitrogens with two attached hydrogens (primary N) is 1. The van der Waals surface area contributed by atoms with Crippen LogP contribution in [0.2, 0.25) is 0 Å². The van der Waals surface area contributed by atoms with E-state index < -0.39 is 5.76 Å². The van der Waals surface area contributed by atoms with E-state index in [-0.39, 0.29) is 11.8 Å². The highest BCUT2D eigenvalue weighted by atomic mass is 16.4. The van der Waals surface area contributed by atoms with Crippen molar-refractivity contribution in [2.45, 2.75) is 39.0 Å². The number of fused-ring (bicyclic) bond motifs is 1. The number of H-pyrrole nitrogens is 1. The minimum absolute atomic E-state index is 0.0438. The number of aromatic amines is 1. The number of hydrogen-bond acceptors (Lipinski definition) is 4. The monoisotopic (exact) mass is 277 g/mol. The van der Waals surface area contributed by atoms with Gasteiger partial charge in [-0.2, -0.15) is 0 Å². The molecule has 0 aliphatic carbocycles. The van der Waals surface area contributed by atoms with Gasteiger partial charge in [-0.3, -0.25) is 9.78 Å². The molecule has 2 aromatic rings. The number of primary amides is 1. The van der Waals surface area contributed by atoms with Crippen molar-refractivity contribution in [3.63, 3.8) is 0 Å². The van der Waals surface area contributed by atoms with Gasteiger partial charge in [0.15, 0.2) is 11.2 Å². The lowest BCUT2D eigenvalue weighted by Crippen LogP contribution is -2.22. The van der Waals surface area contributed by atoms with Crippen LogP contribution in [0.1, 0.15) is 38.2 Å². The van der Waals surface area contributed by atoms with Crippen LogP contribution in [0.3, 0.4) is 0 Å². The maximum atomic E-state index is 11.2. The molecular weight excluding hydrogens is 258 g/mol. The predicted molar refractivity (Wildman–Crippen MR) is 75.2 cm³/mol. The number of nitrogens with zero attached hydrogens (tertiary/aromatic N) is 1. The van der Waals surface area contributed by atoms with Crippen molar-refractivity contribution in [2.24, 2.45) is 11.7 Å². The van der Waals surface area contributed by atoms with Gasteiger partial charge in [-0.05, 0) is 31.7 Å². The number of pyridine rings is 1. The van der Waals surface area contributed by atoms with E-state index in [1.807, 2.05) is 13.0 Å². The third-order valence-electron chi connectivity index (χ3n) is 3.55. The molecule has 1 unspecified atom stereocenters. The lowest BCUT2D eigenvalue weighted by Gasteiger charge is -2.09. The smallest absolute Gasteiger partial charge is 0.406 e. The van der Waals surface area contributed by atoms with Crippen molar-refractivity contribution in [3.05, 3.63) is 28.4 Å². The van der Waals surface area contributed by atoms with Gasteiger partial charge in [0.25, 0.3) is 0 Å². The molecule has 6 nitrogen and oxygen atoms in total. The summed E-state index contributed by atoms with van der Waals surface area (Å²) in [6.45, 7) is 1.97. The minimum atomic E-state index is -0.486. The second-order valence-corrected chi connectivity index (χ2v) is 4.92. The van der Waals surface area contributed by atoms with E-state index in [0.717, 1.165) is 37.7 Å². The fourth-order valence-electron chi connectivity index (χ4n) is 2.36. The van der Waals surface area contributed by atoms with Crippen molar-refractivity contribution in [1.82, 2.24) is 9.97 Å². The molecule has 0 aromatic carbocycles. The molecule has 0 aliphatic rings. The van der Waals surface area contributed by atoms with Gasteiger partial charge in [-0.1, -0.05) is 13.3 Å². The van der Waals surface area contributed by atoms with E-state index in [1.165, 1.54) is 0 Å². The minimum Gasteiger partial charge on any atom is -0.406 e. The predicted octanol–water partition coefficient (Wildman–Crippen LogP) is 1.74. The maximum Gasteiger partial charge on any atom is 0.418 e. The van der Waals surface area contributed by atoms with Crippen molar-refractivity contribution < 1.29 is 9.21 Å². The Balaban J connectivity index is 1.93. The Morgan fingerprint density at radius 2 is 2.30 bits per heavy atom. The van der Waals surface area contributed by atoms with Crippen molar-refractivity contribution in [3.8, 4) is 0 Å². The first-order valence-corrected chi connectivity index (χ1v) is 6.87. The average Bonchev–Trinajstić information content (AvgIpc) is 2.79. The number of oxazole rings is 1. The molecule has 1 atom stereocenters. The molecule has 0 aliphatic heterocycles. The van der Waals surface area contributed by atoms with Crippen LogP contribution in [-0.2, 0) is 11.2 Å². The summed E-state index contributed by atoms with van der Waals surface area (Å²) < 4.78 is 5.09. The summed E-state index contributed by atoms with van der Waals surface area (Å²) >= 11 is 0. The number of carbonyl (C=O) groups excluding carboxylic acids is 1. The van der Waals surface area contributed by atoms with Crippen LogP contribution >= 0.6 is 0 Å². The molecule has 3 N–H and O–H groups in total. The van der Waals surface area contributed by atoms with Crippen LogP contribution in [0.25, 0.3) is 11.2 Å². The molecule has 2 rings (SSSR count). The lowest BCUT2D eigenvalue weighted by atomic mass is 9.97. The van der Waals surface area contributed by atoms with Gasteiger partial charge in [0.05, 0.1) is 0 Å². The van der Waals surface area contributed by atoms with Crippen LogP contribution < -0.4 is 11.5 Å². The molecule has 0 saturated heterocycles. The van der Waals surface area contributed by atoms with E-state index in [9.17, 15) is 9.59 Å². The summed E-state index contributed by atoms with van der Waals surface area (Å²) in [5.74, 6) is -0.757. The quantitative estimate of drug-likeness (QED) is 0.752. The van der Waals surface area contributed by atoms with Crippen molar-refractivity contribution in [2.75, 3.05) is 0 Å². The third-order valence-corrected chi connectivity index (χ3v) is 3.55. The number of rotatable bonds is 7. The summed E-state index contributed by atoms with van der Waals surface area (Å²) in [5.41, 5.74) is 7.29. The fraction of sp³-hybridized carbons (Fsp3) is 0.500. The Morgan fingerprint density at radius 3 is 3.00 bits per heavy atom. The van der Waals surface area contributed by atoms with Crippen LogP contribution in [0.4, 0.5) is 0 Å². The number of hydrogen-bond donors (Lipinski definition) is 2. The standard InChI is InChI=1S/C14H19N3O3/c1-2-9(12(15)18)5-3-4-6-10-7-8-16-13-11(10)20-14(19)17-13/h7-9H,2-6H2,1H3,(H2,15,18)(H,16,17,19). The Hall–Kier alpha value is -2.11. The van der Waals surface area contributed by atoms with Crippen LogP contribution in [-0.4, -0.2) is 15.9 Å². The molecule has 0 radical (unpaired) electrons. The van der Waals surface area contributed by atoms with Crippen LogP contribution in [0.15, 0.2) is 21.5 Å². The number of amides is 1. The van der Waals surface area contributed by atoms with Crippen LogP contribution in [0.5, 0.6) is 0 Å². The Kier molecular flexibility index (Phi) is 4.55. The molecule has 6 heteroatoms. The van der Waals surface area contributed by atoms with Gasteiger partial charge in [-0.15, -0.1) is 0 Å². The summed E-state index contributed by atoms with van der Waals surface area (Å²) in [5, 5.41) is 0. The molecule has 108 valence electrons. The van der Waals surface area contributed by atoms with E-state index in [4.69, 9.17) is 10.2 Å². The molecule has 0 fully saturated rings. The molecule has 0 bridgehead atoms. The summed E-state index contributed by atoms with van der Waals surface area (Å²) in [6, 6.07) is 1.85. The van der Waals surface area contributed by atoms with E-state index in [2.05, 4.69) is 9.97 Å². The van der Waals surface area contributed by atoms with Crippen LogP contribution in [0, 0.1) is 5.92 Å². The highest BCUT2D eigenvalue weighted by Gasteiger charge is 2.12. The second-order valence-electron chi connectivity index (χ2n) is 4.92. The van der Waals surface area contributed by atoms with Gasteiger partial charge < -0.3 is 10.2 Å². The molecule has 0 spiro atoms. The first-order valence-electron chi connectivity index (χ1n) is 6.87. The van der Waals surface area contributed by atoms with Crippen molar-refractivity contribution >= 4 is 17.1 Å². The number of carbonyl (C=O) groups is 1. The highest BCUT2D eigenvalue weighted by molar-refractivity contribution is 5.76. The Bertz CT molecular complexity index is 644. The number of nitrogens with one attached hydrogen (secondary N) is 1. The first-order chi connectivity index (χ1) is 9.61.